The summed E-state index contributed by atoms with van der Waals surface area (Å²) in [5, 5.41) is 24.9. The third kappa shape index (κ3) is 26.6. The molecule has 7 nitrogen and oxygen atoms in total. The summed E-state index contributed by atoms with van der Waals surface area (Å²) in [5.41, 5.74) is 0. The Kier molecular flexibility index (Phi) is 31.4. The summed E-state index contributed by atoms with van der Waals surface area (Å²) in [7, 11) is 4.55. The molecule has 1 atom stereocenters. The van der Waals surface area contributed by atoms with Crippen molar-refractivity contribution in [2.24, 2.45) is 0 Å². The van der Waals surface area contributed by atoms with Crippen molar-refractivity contribution >= 4 is 59.5 Å². The van der Waals surface area contributed by atoms with E-state index in [1.54, 1.807) is 17.3 Å². The van der Waals surface area contributed by atoms with Crippen molar-refractivity contribution in [3.05, 3.63) is 121 Å². The number of methoxy groups -OCH3 is 2. The van der Waals surface area contributed by atoms with Crippen LogP contribution in [0.5, 0.6) is 0 Å². The molecular formula is C37H44ClF9NO6P2Ru+3. The molecule has 0 amide bonds. The Labute approximate surface area is 342 Å². The van der Waals surface area contributed by atoms with Crippen molar-refractivity contribution < 1.29 is 86.1 Å². The predicted molar refractivity (Wildman–Crippen MR) is 208 cm³/mol. The first-order valence-electron chi connectivity index (χ1n) is 16.1. The Morgan fingerprint density at radius 1 is 0.667 bits per heavy atom. The van der Waals surface area contributed by atoms with Gasteiger partial charge in [0.05, 0.1) is 56.5 Å². The molecule has 0 saturated carbocycles. The van der Waals surface area contributed by atoms with E-state index in [0.717, 1.165) is 20.2 Å². The maximum Gasteiger partial charge on any atom is 0.0967 e. The maximum absolute atomic E-state index is 11.1. The van der Waals surface area contributed by atoms with Crippen LogP contribution in [-0.4, -0.2) is 94.0 Å². The van der Waals surface area contributed by atoms with Gasteiger partial charge in [0.2, 0.25) is 0 Å². The Balaban J connectivity index is 0. The van der Waals surface area contributed by atoms with Crippen LogP contribution in [0.2, 0.25) is 0 Å². The van der Waals surface area contributed by atoms with E-state index in [2.05, 4.69) is 153 Å². The van der Waals surface area contributed by atoms with Crippen molar-refractivity contribution in [1.29, 1.82) is 0 Å². The first kappa shape index (κ1) is 56.1. The van der Waals surface area contributed by atoms with E-state index < -0.39 is 53.2 Å². The third-order valence-electron chi connectivity index (χ3n) is 6.69. The summed E-state index contributed by atoms with van der Waals surface area (Å²) in [6.07, 6.45) is -14.2. The smallest absolute Gasteiger partial charge is 0.0967 e. The van der Waals surface area contributed by atoms with E-state index in [0.29, 0.717) is 7.11 Å². The van der Waals surface area contributed by atoms with Gasteiger partial charge >= 0.3 is 51.5 Å². The van der Waals surface area contributed by atoms with Gasteiger partial charge in [-0.15, -0.1) is 0 Å². The molecule has 318 valence electrons. The van der Waals surface area contributed by atoms with Crippen molar-refractivity contribution in [3.8, 4) is 0 Å². The second-order valence-corrected chi connectivity index (χ2v) is 15.8. The Hall–Kier alpha value is -3.00. The van der Waals surface area contributed by atoms with Crippen molar-refractivity contribution in [2.75, 3.05) is 46.2 Å². The molecule has 1 unspecified atom stereocenters. The van der Waals surface area contributed by atoms with Gasteiger partial charge in [0.15, 0.2) is 0 Å². The zero-order chi connectivity index (χ0) is 43.9. The number of benzene rings is 4. The van der Waals surface area contributed by atoms with E-state index in [1.165, 1.54) is 33.5 Å². The van der Waals surface area contributed by atoms with Crippen LogP contribution in [0.15, 0.2) is 121 Å². The van der Waals surface area contributed by atoms with E-state index in [9.17, 15) is 44.3 Å². The van der Waals surface area contributed by atoms with Crippen LogP contribution in [0.1, 0.15) is 0 Å². The molecule has 4 aromatic rings. The van der Waals surface area contributed by atoms with Gasteiger partial charge in [0, 0.05) is 20.2 Å². The minimum atomic E-state index is -4.85. The van der Waals surface area contributed by atoms with Crippen LogP contribution >= 0.6 is 25.5 Å². The van der Waals surface area contributed by atoms with Gasteiger partial charge < -0.3 is 29.8 Å². The number of aliphatic hydroxyl groups excluding tert-OH is 2. The molecule has 0 radical (unpaired) electrons. The SMILES string of the molecule is COC(=O)C(F)(F)F.COC(O)C(F)(F)F.OCC(F)(F)F.[CH-]=O.[Cl][RuH+2].c1ccc([PH+](CCNCC[PH+](c2ccccc2)c2ccccc2)c2ccccc2)cc1. The number of nitrogens with one attached hydrogen (secondary N) is 1. The number of ether oxygens (including phenoxy) is 2. The molecule has 4 aromatic carbocycles. The number of carbonyl (C=O) groups excluding carboxylic acids is 2. The van der Waals surface area contributed by atoms with E-state index in [-0.39, 0.29) is 0 Å². The molecule has 3 N–H and O–H groups in total. The predicted octanol–water partition coefficient (Wildman–Crippen LogP) is 6.23. The van der Waals surface area contributed by atoms with Crippen LogP contribution in [0.25, 0.3) is 0 Å². The molecule has 0 bridgehead atoms. The number of alkyl halides is 9. The van der Waals surface area contributed by atoms with Gasteiger partial charge in [-0.25, -0.2) is 4.79 Å². The van der Waals surface area contributed by atoms with Crippen molar-refractivity contribution in [1.82, 2.24) is 5.32 Å². The minimum absolute atomic E-state index is 0.676. The number of rotatable bonds is 11. The van der Waals surface area contributed by atoms with Gasteiger partial charge in [-0.1, -0.05) is 72.8 Å². The molecule has 20 heteroatoms. The molecule has 0 fully saturated rings. The van der Waals surface area contributed by atoms with Crippen molar-refractivity contribution in [3.63, 3.8) is 0 Å². The van der Waals surface area contributed by atoms with Crippen LogP contribution in [-0.2, 0) is 36.4 Å². The molecule has 0 heterocycles. The van der Waals surface area contributed by atoms with Crippen LogP contribution in [0, 0.1) is 0 Å². The molecule has 0 aliphatic carbocycles. The number of hydrogen-bond acceptors (Lipinski definition) is 7. The number of esters is 1. The van der Waals surface area contributed by atoms with Gasteiger partial charge in [-0.05, 0) is 48.5 Å². The molecule has 0 saturated heterocycles. The summed E-state index contributed by atoms with van der Waals surface area (Å²) in [5.74, 6) is -2.17. The fourth-order valence-electron chi connectivity index (χ4n) is 4.27. The van der Waals surface area contributed by atoms with Gasteiger partial charge in [-0.2, -0.15) is 39.5 Å². The summed E-state index contributed by atoms with van der Waals surface area (Å²) < 4.78 is 105. The van der Waals surface area contributed by atoms with Crippen LogP contribution in [0.3, 0.4) is 0 Å². The molecule has 57 heavy (non-hydrogen) atoms. The standard InChI is InChI=1S/C28H29NP2.C3H5F3O2.C3H3F3O2.C2H3F3O.CHO.ClH.Ru.H/c1-5-13-25(14-6-1)30(26-15-7-2-8-16-26)23-21-29-22-24-31(27-17-9-3-10-18-27)28-19-11-4-12-20-28;2*1-8-2(7)3(4,5)6;3-2(4,5)1-6;1-2;;;/h1-20,29H,21-24H2;2,7H,1H3;1H3;6H,1H2;1H;1H;;/q;;;;-1;;+3;/p+1. The van der Waals surface area contributed by atoms with Crippen LogP contribution < -0.4 is 26.5 Å². The average Bonchev–Trinajstić information content (AvgIpc) is 3.22. The maximum atomic E-state index is 11.1. The summed E-state index contributed by atoms with van der Waals surface area (Å²) in [4.78, 5) is 17.2. The molecular weight excluding hydrogens is 924 g/mol. The first-order valence-corrected chi connectivity index (χ1v) is 21.9. The molecule has 4 rings (SSSR count). The molecule has 0 aromatic heterocycles. The van der Waals surface area contributed by atoms with E-state index in [4.69, 9.17) is 15.0 Å². The zero-order valence-electron chi connectivity index (χ0n) is 30.4. The quantitative estimate of drug-likeness (QED) is 0.0240. The monoisotopic (exact) mass is 968 g/mol. The largest absolute Gasteiger partial charge is 0.310 e. The van der Waals surface area contributed by atoms with Gasteiger partial charge in [-0.3, -0.25) is 6.79 Å². The topological polar surface area (TPSA) is 105 Å². The van der Waals surface area contributed by atoms with Gasteiger partial charge in [0.1, 0.15) is 6.61 Å². The Morgan fingerprint density at radius 3 is 1.07 bits per heavy atom. The van der Waals surface area contributed by atoms with Crippen molar-refractivity contribution in [2.45, 2.75) is 24.8 Å². The number of hydrogen-bond donors (Lipinski definition) is 3. The zero-order valence-corrected chi connectivity index (χ0v) is 35.0. The van der Waals surface area contributed by atoms with E-state index in [1.807, 2.05) is 0 Å². The summed E-state index contributed by atoms with van der Waals surface area (Å²) in [6, 6.07) is 44.2. The molecule has 0 spiro atoms. The fraction of sp³-hybridized carbons (Fsp3) is 0.297. The second-order valence-electron chi connectivity index (χ2n) is 10.6. The minimum Gasteiger partial charge on any atom is -0.310 e. The van der Waals surface area contributed by atoms with Gasteiger partial charge in [0.25, 0.3) is 6.29 Å². The summed E-state index contributed by atoms with van der Waals surface area (Å²) >= 11 is 1.62. The second kappa shape index (κ2) is 31.9. The Bertz CT molecular complexity index is 1390. The first-order chi connectivity index (χ1) is 26.9. The molecule has 0 aliphatic heterocycles. The molecule has 0 aliphatic rings. The third-order valence-corrected chi connectivity index (χ3v) is 12.3. The number of halogens is 10. The number of carbonyl (C=O) groups is 1. The van der Waals surface area contributed by atoms with E-state index >= 15 is 0 Å². The average molecular weight is 968 g/mol. The normalized spacial score (nSPS) is 11.3. The Morgan fingerprint density at radius 2 is 0.930 bits per heavy atom. The number of aliphatic hydroxyl groups is 2. The fourth-order valence-corrected chi connectivity index (χ4v) is 9.32. The van der Waals surface area contributed by atoms with Crippen LogP contribution in [0.4, 0.5) is 39.5 Å². The summed E-state index contributed by atoms with van der Waals surface area (Å²) in [6.45, 7) is 3.65.